The zero-order chi connectivity index (χ0) is 30.2. The van der Waals surface area contributed by atoms with Gasteiger partial charge in [0.1, 0.15) is 19.0 Å². The van der Waals surface area contributed by atoms with Gasteiger partial charge in [0.15, 0.2) is 28.1 Å². The molecule has 1 saturated heterocycles. The van der Waals surface area contributed by atoms with E-state index in [1.807, 2.05) is 39.8 Å². The number of ketones is 1. The summed E-state index contributed by atoms with van der Waals surface area (Å²) in [5.74, 6) is 0.130. The smallest absolute Gasteiger partial charge is 0.301 e. The molecule has 9 nitrogen and oxygen atoms in total. The molecule has 10 heteroatoms. The quantitative estimate of drug-likeness (QED) is 0.139. The van der Waals surface area contributed by atoms with Gasteiger partial charge in [0, 0.05) is 5.56 Å². The van der Waals surface area contributed by atoms with Crippen LogP contribution >= 0.6 is 11.3 Å². The van der Waals surface area contributed by atoms with Gasteiger partial charge in [-0.1, -0.05) is 30.4 Å². The minimum absolute atomic E-state index is 0.0569. The van der Waals surface area contributed by atoms with Crippen molar-refractivity contribution in [3.05, 3.63) is 76.4 Å². The summed E-state index contributed by atoms with van der Waals surface area (Å²) in [5.41, 5.74) is 3.64. The Morgan fingerprint density at radius 1 is 1.00 bits per heavy atom. The number of carbonyl (C=O) groups is 2. The number of hydrogen-bond acceptors (Lipinski definition) is 9. The molecule has 1 N–H and O–H groups in total. The molecular weight excluding hydrogens is 568 g/mol. The van der Waals surface area contributed by atoms with Crippen LogP contribution in [-0.4, -0.2) is 48.2 Å². The monoisotopic (exact) mass is 600 g/mol. The lowest BCUT2D eigenvalue weighted by atomic mass is 9.95. The molecule has 1 atom stereocenters. The second-order valence-corrected chi connectivity index (χ2v) is 11.4. The minimum Gasteiger partial charge on any atom is -0.507 e. The Hall–Kier alpha value is -4.57. The van der Waals surface area contributed by atoms with Crippen LogP contribution in [0, 0.1) is 13.8 Å². The predicted octanol–water partition coefficient (Wildman–Crippen LogP) is 6.50. The number of Topliss-reactive ketones (excluding diaryl/α,β-unsaturated/α-hetero) is 1. The Bertz CT molecular complexity index is 1780. The number of carbonyl (C=O) groups excluding carboxylic acids is 2. The summed E-state index contributed by atoms with van der Waals surface area (Å²) >= 11 is 1.33. The predicted molar refractivity (Wildman–Crippen MR) is 165 cm³/mol. The molecule has 4 aromatic rings. The lowest BCUT2D eigenvalue weighted by molar-refractivity contribution is -0.132. The normalized spacial score (nSPS) is 17.5. The molecule has 3 heterocycles. The number of nitrogens with zero attached hydrogens (tertiary/aromatic N) is 2. The Morgan fingerprint density at radius 3 is 2.56 bits per heavy atom. The number of amides is 1. The van der Waals surface area contributed by atoms with Crippen LogP contribution in [0.5, 0.6) is 23.0 Å². The highest BCUT2D eigenvalue weighted by molar-refractivity contribution is 7.22. The van der Waals surface area contributed by atoms with Crippen molar-refractivity contribution in [1.82, 2.24) is 4.98 Å². The zero-order valence-electron chi connectivity index (χ0n) is 24.4. The van der Waals surface area contributed by atoms with E-state index in [0.29, 0.717) is 65.7 Å². The number of hydrogen-bond donors (Lipinski definition) is 1. The number of fused-ring (bicyclic) bond motifs is 2. The SMILES string of the molecule is CCCOc1ccc([C@@H]2C(=C(O)c3ccc4c(c3)OCCO4)C(=O)C(=O)N2c2nc3c(C)cc(C)cc3s2)cc1OCC. The Balaban J connectivity index is 1.55. The van der Waals surface area contributed by atoms with Crippen molar-refractivity contribution in [2.45, 2.75) is 40.2 Å². The summed E-state index contributed by atoms with van der Waals surface area (Å²) in [4.78, 5) is 33.8. The standard InChI is InChI=1S/C33H32N2O7S/c1-5-11-40-22-9-7-20(16-24(22)39-6-2)29-27(30(36)21-8-10-23-25(17-21)42-13-12-41-23)31(37)32(38)35(29)33-34-28-19(4)14-18(3)15-26(28)43-33/h7-10,14-17,29,36H,5-6,11-13H2,1-4H3/t29-/m1/s1. The molecule has 1 amide bonds. The van der Waals surface area contributed by atoms with Crippen molar-refractivity contribution in [1.29, 1.82) is 0 Å². The lowest BCUT2D eigenvalue weighted by Crippen LogP contribution is -2.29. The number of aliphatic hydroxyl groups excluding tert-OH is 1. The van der Waals surface area contributed by atoms with E-state index in [0.717, 1.165) is 27.8 Å². The van der Waals surface area contributed by atoms with E-state index in [9.17, 15) is 14.7 Å². The van der Waals surface area contributed by atoms with Gasteiger partial charge in [-0.05, 0) is 80.3 Å². The van der Waals surface area contributed by atoms with Crippen LogP contribution in [0.3, 0.4) is 0 Å². The molecular formula is C33H32N2O7S. The summed E-state index contributed by atoms with van der Waals surface area (Å²) in [6.07, 6.45) is 0.819. The minimum atomic E-state index is -0.977. The first-order valence-electron chi connectivity index (χ1n) is 14.3. The van der Waals surface area contributed by atoms with Crippen LogP contribution in [-0.2, 0) is 9.59 Å². The van der Waals surface area contributed by atoms with Gasteiger partial charge >= 0.3 is 5.91 Å². The highest BCUT2D eigenvalue weighted by Gasteiger charge is 2.48. The van der Waals surface area contributed by atoms with E-state index < -0.39 is 17.7 Å². The van der Waals surface area contributed by atoms with Gasteiger partial charge in [0.25, 0.3) is 5.78 Å². The molecule has 0 saturated carbocycles. The second kappa shape index (κ2) is 11.6. The highest BCUT2D eigenvalue weighted by Crippen LogP contribution is 2.47. The Kier molecular flexibility index (Phi) is 7.70. The molecule has 0 bridgehead atoms. The zero-order valence-corrected chi connectivity index (χ0v) is 25.2. The van der Waals surface area contributed by atoms with Gasteiger partial charge in [-0.2, -0.15) is 0 Å². The van der Waals surface area contributed by atoms with Crippen LogP contribution in [0.25, 0.3) is 16.0 Å². The molecule has 3 aromatic carbocycles. The molecule has 1 fully saturated rings. The van der Waals surface area contributed by atoms with Gasteiger partial charge < -0.3 is 24.1 Å². The molecule has 0 spiro atoms. The fourth-order valence-corrected chi connectivity index (χ4v) is 6.62. The van der Waals surface area contributed by atoms with Crippen molar-refractivity contribution < 1.29 is 33.6 Å². The molecule has 222 valence electrons. The summed E-state index contributed by atoms with van der Waals surface area (Å²) in [6.45, 7) is 9.54. The largest absolute Gasteiger partial charge is 0.507 e. The summed E-state index contributed by atoms with van der Waals surface area (Å²) in [5, 5.41) is 12.0. The van der Waals surface area contributed by atoms with E-state index >= 15 is 0 Å². The van der Waals surface area contributed by atoms with Crippen molar-refractivity contribution in [2.24, 2.45) is 0 Å². The van der Waals surface area contributed by atoms with Crippen LogP contribution in [0.1, 0.15) is 48.6 Å². The number of aryl methyl sites for hydroxylation is 2. The molecule has 2 aliphatic heterocycles. The Morgan fingerprint density at radius 2 is 1.79 bits per heavy atom. The van der Waals surface area contributed by atoms with Crippen molar-refractivity contribution in [3.8, 4) is 23.0 Å². The van der Waals surface area contributed by atoms with Gasteiger partial charge in [-0.15, -0.1) is 0 Å². The Labute approximate surface area is 253 Å². The molecule has 0 radical (unpaired) electrons. The first-order valence-corrected chi connectivity index (χ1v) is 15.1. The summed E-state index contributed by atoms with van der Waals surface area (Å²) in [6, 6.07) is 13.3. The molecule has 2 aliphatic rings. The fourth-order valence-electron chi connectivity index (χ4n) is 5.45. The number of aliphatic hydroxyl groups is 1. The third kappa shape index (κ3) is 5.16. The van der Waals surface area contributed by atoms with E-state index in [-0.39, 0.29) is 11.3 Å². The molecule has 0 unspecified atom stereocenters. The van der Waals surface area contributed by atoms with E-state index in [4.69, 9.17) is 23.9 Å². The molecule has 1 aromatic heterocycles. The maximum absolute atomic E-state index is 13.8. The third-order valence-electron chi connectivity index (χ3n) is 7.33. The van der Waals surface area contributed by atoms with Gasteiger partial charge in [0.2, 0.25) is 0 Å². The maximum Gasteiger partial charge on any atom is 0.301 e. The molecule has 6 rings (SSSR count). The average molecular weight is 601 g/mol. The first kappa shape index (κ1) is 28.5. The van der Waals surface area contributed by atoms with Crippen molar-refractivity contribution in [2.75, 3.05) is 31.3 Å². The topological polar surface area (TPSA) is 107 Å². The van der Waals surface area contributed by atoms with E-state index in [1.165, 1.54) is 16.2 Å². The average Bonchev–Trinajstić information content (AvgIpc) is 3.54. The van der Waals surface area contributed by atoms with E-state index in [1.54, 1.807) is 36.4 Å². The third-order valence-corrected chi connectivity index (χ3v) is 8.33. The van der Waals surface area contributed by atoms with Crippen molar-refractivity contribution >= 4 is 44.1 Å². The maximum atomic E-state index is 13.8. The highest BCUT2D eigenvalue weighted by atomic mass is 32.1. The number of aromatic nitrogens is 1. The van der Waals surface area contributed by atoms with Crippen LogP contribution < -0.4 is 23.8 Å². The van der Waals surface area contributed by atoms with Gasteiger partial charge in [0.05, 0.1) is 35.0 Å². The fraction of sp³-hybridized carbons (Fsp3) is 0.303. The molecule has 43 heavy (non-hydrogen) atoms. The van der Waals surface area contributed by atoms with Gasteiger partial charge in [-0.3, -0.25) is 14.5 Å². The van der Waals surface area contributed by atoms with Crippen LogP contribution in [0.2, 0.25) is 0 Å². The number of benzene rings is 3. The number of anilines is 1. The van der Waals surface area contributed by atoms with E-state index in [2.05, 4.69) is 0 Å². The van der Waals surface area contributed by atoms with Crippen LogP contribution in [0.15, 0.2) is 54.1 Å². The van der Waals surface area contributed by atoms with Crippen molar-refractivity contribution in [3.63, 3.8) is 0 Å². The number of ether oxygens (including phenoxy) is 4. The summed E-state index contributed by atoms with van der Waals surface area (Å²) in [7, 11) is 0. The summed E-state index contributed by atoms with van der Waals surface area (Å²) < 4.78 is 24.0. The lowest BCUT2D eigenvalue weighted by Gasteiger charge is -2.24. The molecule has 0 aliphatic carbocycles. The van der Waals surface area contributed by atoms with Gasteiger partial charge in [-0.25, -0.2) is 4.98 Å². The number of thiazole rings is 1. The number of rotatable bonds is 8. The van der Waals surface area contributed by atoms with Crippen LogP contribution in [0.4, 0.5) is 5.13 Å². The second-order valence-electron chi connectivity index (χ2n) is 10.4. The first-order chi connectivity index (χ1) is 20.8.